The fourth-order valence-corrected chi connectivity index (χ4v) is 3.09. The minimum atomic E-state index is -0.0114. The lowest BCUT2D eigenvalue weighted by atomic mass is 9.97. The summed E-state index contributed by atoms with van der Waals surface area (Å²) in [6.07, 6.45) is 6.46. The normalized spacial score (nSPS) is 17.8. The van der Waals surface area contributed by atoms with E-state index in [4.69, 9.17) is 4.74 Å². The number of carbonyl (C=O) groups is 1. The van der Waals surface area contributed by atoms with Gasteiger partial charge in [0, 0.05) is 18.4 Å². The molecule has 1 unspecified atom stereocenters. The highest BCUT2D eigenvalue weighted by molar-refractivity contribution is 5.97. The number of rotatable bonds is 3. The molecular weight excluding hydrogens is 290 g/mol. The predicted molar refractivity (Wildman–Crippen MR) is 87.4 cm³/mol. The van der Waals surface area contributed by atoms with Crippen molar-refractivity contribution in [3.8, 4) is 5.75 Å². The van der Waals surface area contributed by atoms with Crippen LogP contribution < -0.4 is 4.74 Å². The fourth-order valence-electron chi connectivity index (χ4n) is 3.09. The maximum Gasteiger partial charge on any atom is 0.258 e. The van der Waals surface area contributed by atoms with Crippen molar-refractivity contribution >= 4 is 5.91 Å². The van der Waals surface area contributed by atoms with Crippen molar-refractivity contribution in [1.29, 1.82) is 0 Å². The van der Waals surface area contributed by atoms with E-state index in [1.165, 1.54) is 0 Å². The number of pyridine rings is 2. The van der Waals surface area contributed by atoms with Crippen LogP contribution in [0.5, 0.6) is 5.75 Å². The van der Waals surface area contributed by atoms with E-state index in [0.29, 0.717) is 11.3 Å². The molecule has 0 N–H and O–H groups in total. The summed E-state index contributed by atoms with van der Waals surface area (Å²) in [6, 6.07) is 7.68. The first-order valence-corrected chi connectivity index (χ1v) is 7.93. The number of hydrogen-bond acceptors (Lipinski definition) is 4. The molecule has 0 bridgehead atoms. The second-order valence-corrected chi connectivity index (χ2v) is 5.79. The van der Waals surface area contributed by atoms with Gasteiger partial charge in [-0.25, -0.2) is 0 Å². The number of piperidine rings is 1. The average molecular weight is 311 g/mol. The lowest BCUT2D eigenvalue weighted by molar-refractivity contribution is 0.0602. The molecule has 0 saturated carbocycles. The van der Waals surface area contributed by atoms with Crippen LogP contribution in [0.15, 0.2) is 36.7 Å². The third-order valence-electron chi connectivity index (χ3n) is 4.25. The van der Waals surface area contributed by atoms with Gasteiger partial charge < -0.3 is 9.64 Å². The van der Waals surface area contributed by atoms with Crippen molar-refractivity contribution in [2.75, 3.05) is 13.7 Å². The Morgan fingerprint density at radius 1 is 1.30 bits per heavy atom. The number of aryl methyl sites for hydroxylation is 1. The minimum absolute atomic E-state index is 0.0114. The molecule has 0 aromatic carbocycles. The molecule has 5 heteroatoms. The molecule has 1 saturated heterocycles. The van der Waals surface area contributed by atoms with Gasteiger partial charge in [-0.1, -0.05) is 6.07 Å². The highest BCUT2D eigenvalue weighted by atomic mass is 16.5. The van der Waals surface area contributed by atoms with E-state index in [0.717, 1.165) is 37.2 Å². The fraction of sp³-hybridized carbons (Fsp3) is 0.389. The van der Waals surface area contributed by atoms with Crippen LogP contribution in [-0.2, 0) is 0 Å². The zero-order valence-electron chi connectivity index (χ0n) is 13.5. The number of nitrogens with zero attached hydrogens (tertiary/aromatic N) is 3. The van der Waals surface area contributed by atoms with Gasteiger partial charge in [-0.2, -0.15) is 0 Å². The van der Waals surface area contributed by atoms with E-state index in [2.05, 4.69) is 9.97 Å². The van der Waals surface area contributed by atoms with Crippen LogP contribution in [-0.4, -0.2) is 34.4 Å². The van der Waals surface area contributed by atoms with Crippen molar-refractivity contribution in [3.05, 3.63) is 53.6 Å². The summed E-state index contributed by atoms with van der Waals surface area (Å²) < 4.78 is 5.33. The molecule has 0 radical (unpaired) electrons. The summed E-state index contributed by atoms with van der Waals surface area (Å²) in [5, 5.41) is 0. The summed E-state index contributed by atoms with van der Waals surface area (Å²) in [6.45, 7) is 2.62. The van der Waals surface area contributed by atoms with Crippen molar-refractivity contribution in [2.45, 2.75) is 32.2 Å². The van der Waals surface area contributed by atoms with E-state index in [1.54, 1.807) is 25.6 Å². The maximum absolute atomic E-state index is 13.1. The quantitative estimate of drug-likeness (QED) is 0.873. The Morgan fingerprint density at radius 2 is 2.17 bits per heavy atom. The predicted octanol–water partition coefficient (Wildman–Crippen LogP) is 3.16. The third-order valence-corrected chi connectivity index (χ3v) is 4.25. The monoisotopic (exact) mass is 311 g/mol. The topological polar surface area (TPSA) is 55.3 Å². The Hall–Kier alpha value is -2.43. The molecule has 1 aliphatic rings. The molecule has 120 valence electrons. The molecule has 5 nitrogen and oxygen atoms in total. The second kappa shape index (κ2) is 6.77. The molecule has 23 heavy (non-hydrogen) atoms. The number of ether oxygens (including phenoxy) is 1. The minimum Gasteiger partial charge on any atom is -0.494 e. The van der Waals surface area contributed by atoms with Gasteiger partial charge in [0.2, 0.25) is 0 Å². The first-order valence-electron chi connectivity index (χ1n) is 7.93. The number of aromatic nitrogens is 2. The summed E-state index contributed by atoms with van der Waals surface area (Å²) in [5.41, 5.74) is 2.33. The van der Waals surface area contributed by atoms with E-state index < -0.39 is 0 Å². The van der Waals surface area contributed by atoms with Crippen molar-refractivity contribution < 1.29 is 9.53 Å². The molecule has 0 aliphatic carbocycles. The molecule has 1 aliphatic heterocycles. The van der Waals surface area contributed by atoms with Crippen LogP contribution in [0, 0.1) is 6.92 Å². The Morgan fingerprint density at radius 3 is 2.91 bits per heavy atom. The molecule has 3 rings (SSSR count). The highest BCUT2D eigenvalue weighted by Crippen LogP contribution is 2.32. The van der Waals surface area contributed by atoms with Crippen molar-refractivity contribution in [2.24, 2.45) is 0 Å². The second-order valence-electron chi connectivity index (χ2n) is 5.79. The van der Waals surface area contributed by atoms with Gasteiger partial charge in [-0.3, -0.25) is 14.8 Å². The van der Waals surface area contributed by atoms with Crippen molar-refractivity contribution in [3.63, 3.8) is 0 Å². The van der Waals surface area contributed by atoms with Crippen LogP contribution in [0.3, 0.4) is 0 Å². The number of carbonyl (C=O) groups excluding carboxylic acids is 1. The maximum atomic E-state index is 13.1. The molecule has 0 spiro atoms. The Labute approximate surface area is 136 Å². The van der Waals surface area contributed by atoms with E-state index >= 15 is 0 Å². The molecule has 3 heterocycles. The van der Waals surface area contributed by atoms with Crippen LogP contribution in [0.4, 0.5) is 0 Å². The van der Waals surface area contributed by atoms with Gasteiger partial charge in [-0.05, 0) is 44.4 Å². The lowest BCUT2D eigenvalue weighted by Gasteiger charge is -2.35. The third kappa shape index (κ3) is 3.18. The number of methoxy groups -OCH3 is 1. The SMILES string of the molecule is COc1cnc(C)cc1C(=O)N1CCCCC1c1ccccn1. The summed E-state index contributed by atoms with van der Waals surface area (Å²) in [5.74, 6) is 0.508. The van der Waals surface area contributed by atoms with E-state index in [9.17, 15) is 4.79 Å². The Balaban J connectivity index is 1.95. The van der Waals surface area contributed by atoms with Gasteiger partial charge >= 0.3 is 0 Å². The zero-order valence-corrected chi connectivity index (χ0v) is 13.5. The van der Waals surface area contributed by atoms with E-state index in [1.807, 2.05) is 30.0 Å². The van der Waals surface area contributed by atoms with Crippen LogP contribution in [0.1, 0.15) is 47.1 Å². The van der Waals surface area contributed by atoms with Crippen LogP contribution in [0.2, 0.25) is 0 Å². The van der Waals surface area contributed by atoms with Gasteiger partial charge in [0.25, 0.3) is 5.91 Å². The van der Waals surface area contributed by atoms with E-state index in [-0.39, 0.29) is 11.9 Å². The summed E-state index contributed by atoms with van der Waals surface area (Å²) in [4.78, 5) is 23.7. The zero-order chi connectivity index (χ0) is 16.2. The first kappa shape index (κ1) is 15.5. The van der Waals surface area contributed by atoms with Gasteiger partial charge in [0.05, 0.1) is 30.6 Å². The molecule has 1 atom stereocenters. The average Bonchev–Trinajstić information content (AvgIpc) is 2.62. The van der Waals surface area contributed by atoms with Crippen LogP contribution in [0.25, 0.3) is 0 Å². The summed E-state index contributed by atoms with van der Waals surface area (Å²) in [7, 11) is 1.57. The van der Waals surface area contributed by atoms with Crippen molar-refractivity contribution in [1.82, 2.24) is 14.9 Å². The molecule has 1 amide bonds. The molecular formula is C18H21N3O2. The largest absolute Gasteiger partial charge is 0.494 e. The Kier molecular flexibility index (Phi) is 4.55. The molecule has 2 aromatic rings. The number of likely N-dealkylation sites (tertiary alicyclic amines) is 1. The lowest BCUT2D eigenvalue weighted by Crippen LogP contribution is -2.39. The van der Waals surface area contributed by atoms with Gasteiger partial charge in [-0.15, -0.1) is 0 Å². The standard InChI is InChI=1S/C18H21N3O2/c1-13-11-14(17(23-2)12-20-13)18(22)21-10-6-4-8-16(21)15-7-3-5-9-19-15/h3,5,7,9,11-12,16H,4,6,8,10H2,1-2H3. The van der Waals surface area contributed by atoms with Gasteiger partial charge in [0.15, 0.2) is 0 Å². The van der Waals surface area contributed by atoms with Gasteiger partial charge in [0.1, 0.15) is 5.75 Å². The number of hydrogen-bond donors (Lipinski definition) is 0. The first-order chi connectivity index (χ1) is 11.2. The number of amides is 1. The Bertz CT molecular complexity index is 688. The smallest absolute Gasteiger partial charge is 0.258 e. The molecule has 1 fully saturated rings. The van der Waals surface area contributed by atoms with Crippen LogP contribution >= 0.6 is 0 Å². The highest BCUT2D eigenvalue weighted by Gasteiger charge is 2.31. The summed E-state index contributed by atoms with van der Waals surface area (Å²) >= 11 is 0. The molecule has 2 aromatic heterocycles.